The molecule has 1 nitrogen and oxygen atoms in total. The fourth-order valence-corrected chi connectivity index (χ4v) is 0.144. The Bertz CT molecular complexity index is 69.3. The molecule has 0 bridgehead atoms. The summed E-state index contributed by atoms with van der Waals surface area (Å²) in [7, 11) is 0. The lowest BCUT2D eigenvalue weighted by atomic mass is 9.91. The molecule has 0 fully saturated rings. The second-order valence-corrected chi connectivity index (χ2v) is 2.55. The first-order chi connectivity index (χ1) is 3.12. The van der Waals surface area contributed by atoms with Crippen LogP contribution in [0, 0.1) is 5.41 Å². The van der Waals surface area contributed by atoms with Crippen molar-refractivity contribution in [3.8, 4) is 0 Å². The molecular weight excluding hydrogens is 134 g/mol. The van der Waals surface area contributed by atoms with Gasteiger partial charge in [-0.25, -0.2) is 0 Å². The fourth-order valence-electron chi connectivity index (χ4n) is 0.144. The smallest absolute Gasteiger partial charge is 0.0180 e. The summed E-state index contributed by atoms with van der Waals surface area (Å²) in [5.41, 5.74) is 0.347. The average Bonchev–Trinajstić information content (AvgIpc) is 1.68. The van der Waals surface area contributed by atoms with Crippen molar-refractivity contribution in [2.45, 2.75) is 27.2 Å². The topological polar surface area (TPSA) is 35.0 Å². The van der Waals surface area contributed by atoms with Gasteiger partial charge in [0.15, 0.2) is 0 Å². The van der Waals surface area contributed by atoms with Crippen molar-refractivity contribution < 1.29 is 0 Å². The second kappa shape index (κ2) is 6.12. The van der Waals surface area contributed by atoms with Crippen LogP contribution in [0.1, 0.15) is 27.2 Å². The van der Waals surface area contributed by atoms with Gasteiger partial charge in [0.05, 0.1) is 0 Å². The number of halogens is 1. The van der Waals surface area contributed by atoms with Gasteiger partial charge in [-0.3, -0.25) is 0 Å². The third-order valence-corrected chi connectivity index (χ3v) is 1.46. The van der Waals surface area contributed by atoms with E-state index in [9.17, 15) is 0 Å². The first kappa shape index (κ1) is 16.0. The Hall–Kier alpha value is -0.0100. The molecule has 2 heteroatoms. The van der Waals surface area contributed by atoms with Crippen LogP contribution >= 0.6 is 12.4 Å². The van der Waals surface area contributed by atoms with Crippen LogP contribution in [0.4, 0.5) is 0 Å². The van der Waals surface area contributed by atoms with Gasteiger partial charge in [0, 0.05) is 0 Å². The Balaban J connectivity index is -0.000000180. The van der Waals surface area contributed by atoms with Gasteiger partial charge in [-0.2, -0.15) is 0 Å². The van der Waals surface area contributed by atoms with E-state index in [2.05, 4.69) is 27.4 Å². The maximum Gasteiger partial charge on any atom is -0.0180 e. The summed E-state index contributed by atoms with van der Waals surface area (Å²) in [4.78, 5) is 0. The summed E-state index contributed by atoms with van der Waals surface area (Å²) < 4.78 is 0. The van der Waals surface area contributed by atoms with Crippen LogP contribution in [-0.2, 0) is 0 Å². The van der Waals surface area contributed by atoms with Crippen molar-refractivity contribution in [1.29, 1.82) is 0 Å². The zero-order chi connectivity index (χ0) is 5.91. The Morgan fingerprint density at radius 2 is 1.78 bits per heavy atom. The van der Waals surface area contributed by atoms with E-state index in [1.165, 1.54) is 6.42 Å². The summed E-state index contributed by atoms with van der Waals surface area (Å²) in [6, 6.07) is 0. The lowest BCUT2D eigenvalue weighted by Gasteiger charge is -2.14. The van der Waals surface area contributed by atoms with E-state index in [0.717, 1.165) is 0 Å². The maximum absolute atomic E-state index is 3.70. The molecule has 3 N–H and O–H groups in total. The molecular formula is C7H18ClN. The maximum atomic E-state index is 3.70. The van der Waals surface area contributed by atoms with E-state index in [4.69, 9.17) is 0 Å². The highest BCUT2D eigenvalue weighted by Gasteiger charge is 2.06. The molecule has 0 unspecified atom stereocenters. The predicted octanol–water partition coefficient (Wildman–Crippen LogP) is 3.19. The van der Waals surface area contributed by atoms with Gasteiger partial charge in [-0.15, -0.1) is 19.0 Å². The van der Waals surface area contributed by atoms with E-state index in [-0.39, 0.29) is 18.6 Å². The quantitative estimate of drug-likeness (QED) is 0.605. The Kier molecular flexibility index (Phi) is 10.9. The van der Waals surface area contributed by atoms with Crippen molar-refractivity contribution in [2.24, 2.45) is 5.41 Å². The summed E-state index contributed by atoms with van der Waals surface area (Å²) in [6.45, 7) is 10.2. The Labute approximate surface area is 64.5 Å². The van der Waals surface area contributed by atoms with E-state index in [1.807, 2.05) is 6.08 Å². The molecule has 0 rings (SSSR count). The number of rotatable bonds is 2. The molecule has 0 aliphatic rings. The molecule has 0 amide bonds. The van der Waals surface area contributed by atoms with E-state index in [1.54, 1.807) is 0 Å². The SMILES string of the molecule is C=CC(C)(C)CC.Cl.N. The summed E-state index contributed by atoms with van der Waals surface area (Å²) in [6.07, 6.45) is 3.17. The molecule has 0 aliphatic heterocycles. The molecule has 0 heterocycles. The molecule has 0 saturated heterocycles. The van der Waals surface area contributed by atoms with Crippen LogP contribution in [0.2, 0.25) is 0 Å². The molecule has 0 aromatic carbocycles. The highest BCUT2D eigenvalue weighted by Crippen LogP contribution is 2.19. The molecule has 0 radical (unpaired) electrons. The minimum atomic E-state index is 0. The van der Waals surface area contributed by atoms with Gasteiger partial charge >= 0.3 is 0 Å². The van der Waals surface area contributed by atoms with Gasteiger partial charge in [0.1, 0.15) is 0 Å². The standard InChI is InChI=1S/C7H14.ClH.H3N/c1-5-7(3,4)6-2;;/h5H,1,6H2,2-4H3;1H;1H3. The zero-order valence-electron chi connectivity index (χ0n) is 6.61. The molecule has 58 valence electrons. The number of hydrogen-bond acceptors (Lipinski definition) is 1. The largest absolute Gasteiger partial charge is 0.344 e. The second-order valence-electron chi connectivity index (χ2n) is 2.55. The van der Waals surface area contributed by atoms with Crippen LogP contribution in [-0.4, -0.2) is 0 Å². The molecule has 0 atom stereocenters. The van der Waals surface area contributed by atoms with Gasteiger partial charge in [-0.1, -0.05) is 26.8 Å². The highest BCUT2D eigenvalue weighted by molar-refractivity contribution is 5.85. The predicted molar refractivity (Wildman–Crippen MR) is 46.5 cm³/mol. The Morgan fingerprint density at radius 1 is 1.44 bits per heavy atom. The summed E-state index contributed by atoms with van der Waals surface area (Å²) in [5.74, 6) is 0. The molecule has 0 aromatic rings. The van der Waals surface area contributed by atoms with Gasteiger partial charge in [0.25, 0.3) is 0 Å². The lowest BCUT2D eigenvalue weighted by molar-refractivity contribution is 0.463. The number of hydrogen-bond donors (Lipinski definition) is 1. The fraction of sp³-hybridized carbons (Fsp3) is 0.714. The summed E-state index contributed by atoms with van der Waals surface area (Å²) >= 11 is 0. The molecule has 0 aromatic heterocycles. The van der Waals surface area contributed by atoms with Crippen LogP contribution in [0.25, 0.3) is 0 Å². The van der Waals surface area contributed by atoms with Crippen molar-refractivity contribution in [1.82, 2.24) is 6.15 Å². The van der Waals surface area contributed by atoms with Gasteiger partial charge in [0.2, 0.25) is 0 Å². The van der Waals surface area contributed by atoms with Crippen molar-refractivity contribution in [2.75, 3.05) is 0 Å². The number of allylic oxidation sites excluding steroid dienone is 1. The zero-order valence-corrected chi connectivity index (χ0v) is 7.42. The van der Waals surface area contributed by atoms with Gasteiger partial charge < -0.3 is 6.15 Å². The third kappa shape index (κ3) is 7.99. The summed E-state index contributed by atoms with van der Waals surface area (Å²) in [5, 5.41) is 0. The molecule has 0 spiro atoms. The van der Waals surface area contributed by atoms with Crippen LogP contribution in [0.5, 0.6) is 0 Å². The first-order valence-corrected chi connectivity index (χ1v) is 2.76. The molecule has 0 aliphatic carbocycles. The minimum Gasteiger partial charge on any atom is -0.344 e. The Morgan fingerprint density at radius 3 is 1.78 bits per heavy atom. The van der Waals surface area contributed by atoms with Crippen molar-refractivity contribution >= 4 is 12.4 Å². The van der Waals surface area contributed by atoms with E-state index in [0.29, 0.717) is 5.41 Å². The van der Waals surface area contributed by atoms with Gasteiger partial charge in [-0.05, 0) is 11.8 Å². The average molecular weight is 152 g/mol. The minimum absolute atomic E-state index is 0. The third-order valence-electron chi connectivity index (χ3n) is 1.46. The van der Waals surface area contributed by atoms with Crippen LogP contribution in [0.3, 0.4) is 0 Å². The first-order valence-electron chi connectivity index (χ1n) is 2.76. The normalized spacial score (nSPS) is 8.78. The monoisotopic (exact) mass is 151 g/mol. The van der Waals surface area contributed by atoms with E-state index >= 15 is 0 Å². The van der Waals surface area contributed by atoms with E-state index < -0.39 is 0 Å². The molecule has 0 saturated carbocycles. The highest BCUT2D eigenvalue weighted by atomic mass is 35.5. The van der Waals surface area contributed by atoms with Crippen LogP contribution < -0.4 is 6.15 Å². The lowest BCUT2D eigenvalue weighted by Crippen LogP contribution is -2.02. The van der Waals surface area contributed by atoms with Crippen molar-refractivity contribution in [3.63, 3.8) is 0 Å². The van der Waals surface area contributed by atoms with Crippen molar-refractivity contribution in [3.05, 3.63) is 12.7 Å². The molecule has 9 heavy (non-hydrogen) atoms. The van der Waals surface area contributed by atoms with Crippen LogP contribution in [0.15, 0.2) is 12.7 Å².